The minimum absolute atomic E-state index is 0.296. The lowest BCUT2D eigenvalue weighted by atomic mass is 10.2. The van der Waals surface area contributed by atoms with Gasteiger partial charge in [-0.25, -0.2) is 4.79 Å². The van der Waals surface area contributed by atoms with Crippen LogP contribution in [0.5, 0.6) is 0 Å². The number of rotatable bonds is 4. The molecule has 0 saturated carbocycles. The van der Waals surface area contributed by atoms with Gasteiger partial charge in [0.2, 0.25) is 5.82 Å². The smallest absolute Gasteiger partial charge is 0.330 e. The minimum atomic E-state index is -0.998. The van der Waals surface area contributed by atoms with E-state index in [2.05, 4.69) is 26.3 Å². The average molecular weight is 257 g/mol. The molecular formula is C12H11N5O2. The lowest BCUT2D eigenvalue weighted by Gasteiger charge is -2.06. The number of aromatic nitrogens is 5. The van der Waals surface area contributed by atoms with E-state index in [1.165, 1.54) is 0 Å². The highest BCUT2D eigenvalue weighted by molar-refractivity contribution is 5.71. The quantitative estimate of drug-likeness (QED) is 0.812. The molecule has 19 heavy (non-hydrogen) atoms. The standard InChI is InChI=1S/C12H11N5O2/c1-3-8-5-9(7-13-6-8)11-14-16-17(15-11)10(4-2)12(18)19/h1,5-7,10H,4H2,2H3,(H,18,19). The third-order valence-electron chi connectivity index (χ3n) is 2.54. The van der Waals surface area contributed by atoms with E-state index in [1.807, 2.05) is 0 Å². The van der Waals surface area contributed by atoms with Crippen molar-refractivity contribution in [1.82, 2.24) is 25.2 Å². The van der Waals surface area contributed by atoms with Gasteiger partial charge in [-0.2, -0.15) is 0 Å². The molecule has 7 nitrogen and oxygen atoms in total. The Morgan fingerprint density at radius 3 is 3.00 bits per heavy atom. The zero-order valence-electron chi connectivity index (χ0n) is 10.2. The summed E-state index contributed by atoms with van der Waals surface area (Å²) in [5.74, 6) is 1.75. The molecule has 0 aliphatic carbocycles. The van der Waals surface area contributed by atoms with Gasteiger partial charge in [0.1, 0.15) is 0 Å². The van der Waals surface area contributed by atoms with Crippen LogP contribution in [-0.4, -0.2) is 36.3 Å². The van der Waals surface area contributed by atoms with E-state index in [0.29, 0.717) is 23.4 Å². The predicted molar refractivity (Wildman–Crippen MR) is 65.9 cm³/mol. The summed E-state index contributed by atoms with van der Waals surface area (Å²) in [6.07, 6.45) is 8.74. The molecular weight excluding hydrogens is 246 g/mol. The summed E-state index contributed by atoms with van der Waals surface area (Å²) in [5.41, 5.74) is 1.20. The molecule has 0 aliphatic heterocycles. The number of carboxylic acid groups (broad SMARTS) is 1. The van der Waals surface area contributed by atoms with Crippen LogP contribution >= 0.6 is 0 Å². The van der Waals surface area contributed by atoms with E-state index >= 15 is 0 Å². The first-order chi connectivity index (χ1) is 9.15. The van der Waals surface area contributed by atoms with Gasteiger partial charge >= 0.3 is 5.97 Å². The lowest BCUT2D eigenvalue weighted by Crippen LogP contribution is -2.20. The second-order valence-corrected chi connectivity index (χ2v) is 3.80. The Morgan fingerprint density at radius 2 is 2.37 bits per heavy atom. The Morgan fingerprint density at radius 1 is 1.58 bits per heavy atom. The molecule has 0 radical (unpaired) electrons. The second kappa shape index (κ2) is 5.27. The van der Waals surface area contributed by atoms with Crippen LogP contribution < -0.4 is 0 Å². The van der Waals surface area contributed by atoms with E-state index in [9.17, 15) is 4.79 Å². The van der Waals surface area contributed by atoms with Gasteiger partial charge < -0.3 is 5.11 Å². The summed E-state index contributed by atoms with van der Waals surface area (Å²) < 4.78 is 0. The number of pyridine rings is 1. The van der Waals surface area contributed by atoms with Gasteiger partial charge in [-0.3, -0.25) is 4.98 Å². The van der Waals surface area contributed by atoms with E-state index in [4.69, 9.17) is 11.5 Å². The van der Waals surface area contributed by atoms with Crippen molar-refractivity contribution >= 4 is 5.97 Å². The molecule has 1 unspecified atom stereocenters. The van der Waals surface area contributed by atoms with Gasteiger partial charge in [-0.15, -0.1) is 21.4 Å². The molecule has 0 bridgehead atoms. The summed E-state index contributed by atoms with van der Waals surface area (Å²) >= 11 is 0. The maximum absolute atomic E-state index is 11.0. The number of carboxylic acids is 1. The largest absolute Gasteiger partial charge is 0.480 e. The molecule has 96 valence electrons. The van der Waals surface area contributed by atoms with Crippen LogP contribution in [0.2, 0.25) is 0 Å². The van der Waals surface area contributed by atoms with Crippen molar-refractivity contribution in [2.45, 2.75) is 19.4 Å². The molecule has 1 atom stereocenters. The topological polar surface area (TPSA) is 93.8 Å². The van der Waals surface area contributed by atoms with Crippen molar-refractivity contribution in [2.24, 2.45) is 0 Å². The van der Waals surface area contributed by atoms with Gasteiger partial charge in [-0.1, -0.05) is 12.8 Å². The summed E-state index contributed by atoms with van der Waals surface area (Å²) in [6.45, 7) is 1.74. The van der Waals surface area contributed by atoms with Crippen molar-refractivity contribution in [1.29, 1.82) is 0 Å². The molecule has 7 heteroatoms. The first-order valence-electron chi connectivity index (χ1n) is 5.60. The van der Waals surface area contributed by atoms with Gasteiger partial charge in [0.15, 0.2) is 6.04 Å². The molecule has 1 N–H and O–H groups in total. The number of terminal acetylenes is 1. The van der Waals surface area contributed by atoms with Gasteiger partial charge in [0, 0.05) is 23.5 Å². The molecule has 0 aliphatic rings. The highest BCUT2D eigenvalue weighted by Gasteiger charge is 2.20. The number of tetrazole rings is 1. The summed E-state index contributed by atoms with van der Waals surface area (Å²) in [4.78, 5) is 16.1. The molecule has 0 aromatic carbocycles. The van der Waals surface area contributed by atoms with Crippen LogP contribution in [0.25, 0.3) is 11.4 Å². The Bertz CT molecular complexity index is 644. The Balaban J connectivity index is 2.35. The molecule has 2 heterocycles. The third-order valence-corrected chi connectivity index (χ3v) is 2.54. The molecule has 0 spiro atoms. The predicted octanol–water partition coefficient (Wildman–Crippen LogP) is 0.752. The highest BCUT2D eigenvalue weighted by atomic mass is 16.4. The first kappa shape index (κ1) is 12.7. The van der Waals surface area contributed by atoms with Crippen LogP contribution in [0.1, 0.15) is 24.9 Å². The SMILES string of the molecule is C#Cc1cncc(-c2nnn(C(CC)C(=O)O)n2)c1. The fraction of sp³-hybridized carbons (Fsp3) is 0.250. The van der Waals surface area contributed by atoms with Crippen LogP contribution in [0.15, 0.2) is 18.5 Å². The molecule has 0 amide bonds. The lowest BCUT2D eigenvalue weighted by molar-refractivity contribution is -0.141. The number of hydrogen-bond donors (Lipinski definition) is 1. The minimum Gasteiger partial charge on any atom is -0.480 e. The highest BCUT2D eigenvalue weighted by Crippen LogP contribution is 2.15. The van der Waals surface area contributed by atoms with Crippen molar-refractivity contribution in [2.75, 3.05) is 0 Å². The van der Waals surface area contributed by atoms with Gasteiger partial charge in [0.25, 0.3) is 0 Å². The second-order valence-electron chi connectivity index (χ2n) is 3.80. The normalized spacial score (nSPS) is 11.8. The summed E-state index contributed by atoms with van der Waals surface area (Å²) in [5, 5.41) is 20.7. The fourth-order valence-electron chi connectivity index (χ4n) is 1.55. The summed E-state index contributed by atoms with van der Waals surface area (Å²) in [6, 6.07) is 0.862. The number of hydrogen-bond acceptors (Lipinski definition) is 5. The van der Waals surface area contributed by atoms with Crippen molar-refractivity contribution in [3.05, 3.63) is 24.0 Å². The maximum atomic E-state index is 11.0. The monoisotopic (exact) mass is 257 g/mol. The fourth-order valence-corrected chi connectivity index (χ4v) is 1.55. The van der Waals surface area contributed by atoms with Crippen LogP contribution in [0.3, 0.4) is 0 Å². The van der Waals surface area contributed by atoms with E-state index < -0.39 is 12.0 Å². The Kier molecular flexibility index (Phi) is 3.52. The number of aliphatic carboxylic acids is 1. The number of nitrogens with zero attached hydrogens (tertiary/aromatic N) is 5. The van der Waals surface area contributed by atoms with Crippen molar-refractivity contribution in [3.63, 3.8) is 0 Å². The van der Waals surface area contributed by atoms with Crippen LogP contribution in [0.4, 0.5) is 0 Å². The first-order valence-corrected chi connectivity index (χ1v) is 5.60. The van der Waals surface area contributed by atoms with E-state index in [1.54, 1.807) is 25.4 Å². The molecule has 2 aromatic heterocycles. The zero-order valence-corrected chi connectivity index (χ0v) is 10.2. The molecule has 0 saturated heterocycles. The number of carbonyl (C=O) groups is 1. The maximum Gasteiger partial charge on any atom is 0.330 e. The average Bonchev–Trinajstić information content (AvgIpc) is 2.89. The van der Waals surface area contributed by atoms with Crippen molar-refractivity contribution < 1.29 is 9.90 Å². The zero-order chi connectivity index (χ0) is 13.8. The van der Waals surface area contributed by atoms with Crippen LogP contribution in [-0.2, 0) is 4.79 Å². The van der Waals surface area contributed by atoms with Crippen molar-refractivity contribution in [3.8, 4) is 23.7 Å². The van der Waals surface area contributed by atoms with E-state index in [-0.39, 0.29) is 0 Å². The molecule has 0 fully saturated rings. The van der Waals surface area contributed by atoms with Crippen LogP contribution in [0, 0.1) is 12.3 Å². The Hall–Kier alpha value is -2.75. The Labute approximate surface area is 109 Å². The van der Waals surface area contributed by atoms with E-state index in [0.717, 1.165) is 4.80 Å². The molecule has 2 aromatic rings. The summed E-state index contributed by atoms with van der Waals surface area (Å²) in [7, 11) is 0. The molecule has 2 rings (SSSR count). The third kappa shape index (κ3) is 2.57. The van der Waals surface area contributed by atoms with Gasteiger partial charge in [-0.05, 0) is 17.7 Å². The van der Waals surface area contributed by atoms with Gasteiger partial charge in [0.05, 0.1) is 0 Å².